The highest BCUT2D eigenvalue weighted by atomic mass is 14.3. The van der Waals surface area contributed by atoms with Crippen molar-refractivity contribution in [2.45, 2.75) is 54.4 Å². The van der Waals surface area contributed by atoms with Crippen LogP contribution in [0.1, 0.15) is 54.4 Å². The van der Waals surface area contributed by atoms with E-state index in [0.29, 0.717) is 5.41 Å². The van der Waals surface area contributed by atoms with Crippen molar-refractivity contribution >= 4 is 0 Å². The Morgan fingerprint density at radius 2 is 1.55 bits per heavy atom. The largest absolute Gasteiger partial charge is 0.0651 e. The molecule has 0 N–H and O–H groups in total. The van der Waals surface area contributed by atoms with E-state index in [-0.39, 0.29) is 0 Å². The fourth-order valence-corrected chi connectivity index (χ4v) is 2.19. The molecule has 0 heterocycles. The molecular formula is C11H24. The van der Waals surface area contributed by atoms with Crippen LogP contribution in [0, 0.1) is 17.3 Å². The topological polar surface area (TPSA) is 0 Å². The SMILES string of the molecule is CC[C@H](C(C)C)C(C)(C)CC. The van der Waals surface area contributed by atoms with E-state index in [2.05, 4.69) is 41.5 Å². The van der Waals surface area contributed by atoms with Crippen LogP contribution in [0.15, 0.2) is 0 Å². The summed E-state index contributed by atoms with van der Waals surface area (Å²) in [5.74, 6) is 1.71. The van der Waals surface area contributed by atoms with Crippen molar-refractivity contribution in [1.82, 2.24) is 0 Å². The maximum atomic E-state index is 2.39. The maximum Gasteiger partial charge on any atom is -0.0326 e. The molecule has 68 valence electrons. The third-order valence-corrected chi connectivity index (χ3v) is 3.16. The molecule has 0 aromatic heterocycles. The van der Waals surface area contributed by atoms with Gasteiger partial charge in [0.15, 0.2) is 0 Å². The summed E-state index contributed by atoms with van der Waals surface area (Å²) >= 11 is 0. The van der Waals surface area contributed by atoms with Crippen LogP contribution in [0.4, 0.5) is 0 Å². The second kappa shape index (κ2) is 4.13. The highest BCUT2D eigenvalue weighted by Crippen LogP contribution is 2.37. The average Bonchev–Trinajstić information content (AvgIpc) is 1.88. The van der Waals surface area contributed by atoms with Gasteiger partial charge in [0, 0.05) is 0 Å². The molecule has 0 nitrogen and oxygen atoms in total. The third-order valence-electron chi connectivity index (χ3n) is 3.16. The predicted molar refractivity (Wildman–Crippen MR) is 52.7 cm³/mol. The molecule has 0 unspecified atom stereocenters. The summed E-state index contributed by atoms with van der Waals surface area (Å²) in [6.45, 7) is 14.1. The van der Waals surface area contributed by atoms with Gasteiger partial charge in [0.2, 0.25) is 0 Å². The second-order valence-corrected chi connectivity index (χ2v) is 4.60. The Balaban J connectivity index is 4.23. The highest BCUT2D eigenvalue weighted by molar-refractivity contribution is 4.78. The lowest BCUT2D eigenvalue weighted by Crippen LogP contribution is -2.26. The predicted octanol–water partition coefficient (Wildman–Crippen LogP) is 4.10. The van der Waals surface area contributed by atoms with E-state index in [0.717, 1.165) is 11.8 Å². The van der Waals surface area contributed by atoms with Crippen LogP contribution in [0.3, 0.4) is 0 Å². The summed E-state index contributed by atoms with van der Waals surface area (Å²) in [5, 5.41) is 0. The molecule has 0 aliphatic rings. The molecule has 0 radical (unpaired) electrons. The van der Waals surface area contributed by atoms with Gasteiger partial charge < -0.3 is 0 Å². The van der Waals surface area contributed by atoms with Gasteiger partial charge in [-0.2, -0.15) is 0 Å². The van der Waals surface area contributed by atoms with Gasteiger partial charge in [-0.05, 0) is 17.3 Å². The second-order valence-electron chi connectivity index (χ2n) is 4.60. The van der Waals surface area contributed by atoms with Gasteiger partial charge in [-0.25, -0.2) is 0 Å². The summed E-state index contributed by atoms with van der Waals surface area (Å²) in [6.07, 6.45) is 2.61. The van der Waals surface area contributed by atoms with Gasteiger partial charge in [-0.1, -0.05) is 54.4 Å². The molecule has 0 rings (SSSR count). The molecule has 0 fully saturated rings. The van der Waals surface area contributed by atoms with Crippen LogP contribution in [-0.4, -0.2) is 0 Å². The summed E-state index contributed by atoms with van der Waals surface area (Å²) in [7, 11) is 0. The molecule has 0 aromatic rings. The zero-order valence-corrected chi connectivity index (χ0v) is 9.07. The van der Waals surface area contributed by atoms with Crippen molar-refractivity contribution in [3.63, 3.8) is 0 Å². The molecule has 0 aliphatic carbocycles. The van der Waals surface area contributed by atoms with Gasteiger partial charge in [-0.15, -0.1) is 0 Å². The Morgan fingerprint density at radius 3 is 1.64 bits per heavy atom. The quantitative estimate of drug-likeness (QED) is 0.574. The lowest BCUT2D eigenvalue weighted by atomic mass is 9.70. The Kier molecular flexibility index (Phi) is 4.13. The molecule has 0 saturated heterocycles. The van der Waals surface area contributed by atoms with Gasteiger partial charge in [-0.3, -0.25) is 0 Å². The van der Waals surface area contributed by atoms with Crippen molar-refractivity contribution in [3.8, 4) is 0 Å². The fourth-order valence-electron chi connectivity index (χ4n) is 2.19. The smallest absolute Gasteiger partial charge is 0.0326 e. The third kappa shape index (κ3) is 2.84. The zero-order chi connectivity index (χ0) is 9.07. The van der Waals surface area contributed by atoms with Crippen LogP contribution in [0.2, 0.25) is 0 Å². The monoisotopic (exact) mass is 156 g/mol. The minimum Gasteiger partial charge on any atom is -0.0651 e. The zero-order valence-electron chi connectivity index (χ0n) is 9.07. The van der Waals surface area contributed by atoms with Crippen molar-refractivity contribution in [2.75, 3.05) is 0 Å². The van der Waals surface area contributed by atoms with Gasteiger partial charge in [0.25, 0.3) is 0 Å². The number of hydrogen-bond donors (Lipinski definition) is 0. The van der Waals surface area contributed by atoms with E-state index in [1.807, 2.05) is 0 Å². The molecule has 0 aromatic carbocycles. The minimum absolute atomic E-state index is 0.531. The Morgan fingerprint density at radius 1 is 1.09 bits per heavy atom. The van der Waals surface area contributed by atoms with Gasteiger partial charge in [0.1, 0.15) is 0 Å². The summed E-state index contributed by atoms with van der Waals surface area (Å²) < 4.78 is 0. The van der Waals surface area contributed by atoms with Crippen LogP contribution >= 0.6 is 0 Å². The van der Waals surface area contributed by atoms with Gasteiger partial charge >= 0.3 is 0 Å². The minimum atomic E-state index is 0.531. The molecule has 0 bridgehead atoms. The molecular weight excluding hydrogens is 132 g/mol. The normalized spacial score (nSPS) is 15.5. The van der Waals surface area contributed by atoms with E-state index in [9.17, 15) is 0 Å². The molecule has 0 amide bonds. The molecule has 0 saturated carbocycles. The van der Waals surface area contributed by atoms with E-state index >= 15 is 0 Å². The molecule has 1 atom stereocenters. The van der Waals surface area contributed by atoms with E-state index in [1.165, 1.54) is 12.8 Å². The average molecular weight is 156 g/mol. The van der Waals surface area contributed by atoms with Crippen LogP contribution in [0.25, 0.3) is 0 Å². The number of rotatable bonds is 4. The first-order chi connectivity index (χ1) is 4.95. The van der Waals surface area contributed by atoms with Crippen LogP contribution in [-0.2, 0) is 0 Å². The standard InChI is InChI=1S/C11H24/c1-7-10(9(3)4)11(5,6)8-2/h9-10H,7-8H2,1-6H3/t10-/m1/s1. The van der Waals surface area contributed by atoms with Crippen molar-refractivity contribution in [3.05, 3.63) is 0 Å². The Labute approximate surface area is 72.4 Å². The van der Waals surface area contributed by atoms with Crippen LogP contribution in [0.5, 0.6) is 0 Å². The van der Waals surface area contributed by atoms with Crippen LogP contribution < -0.4 is 0 Å². The number of hydrogen-bond acceptors (Lipinski definition) is 0. The van der Waals surface area contributed by atoms with E-state index in [1.54, 1.807) is 0 Å². The lowest BCUT2D eigenvalue weighted by molar-refractivity contribution is 0.145. The molecule has 0 aliphatic heterocycles. The lowest BCUT2D eigenvalue weighted by Gasteiger charge is -2.35. The first-order valence-corrected chi connectivity index (χ1v) is 4.95. The van der Waals surface area contributed by atoms with Crippen molar-refractivity contribution in [1.29, 1.82) is 0 Å². The first-order valence-electron chi connectivity index (χ1n) is 4.95. The molecule has 11 heavy (non-hydrogen) atoms. The Bertz CT molecular complexity index is 101. The highest BCUT2D eigenvalue weighted by Gasteiger charge is 2.28. The maximum absolute atomic E-state index is 2.39. The van der Waals surface area contributed by atoms with Crippen molar-refractivity contribution < 1.29 is 0 Å². The Hall–Kier alpha value is 0. The molecule has 0 heteroatoms. The van der Waals surface area contributed by atoms with E-state index < -0.39 is 0 Å². The first kappa shape index (κ1) is 11.0. The summed E-state index contributed by atoms with van der Waals surface area (Å²) in [4.78, 5) is 0. The summed E-state index contributed by atoms with van der Waals surface area (Å²) in [6, 6.07) is 0. The van der Waals surface area contributed by atoms with E-state index in [4.69, 9.17) is 0 Å². The summed E-state index contributed by atoms with van der Waals surface area (Å²) in [5.41, 5.74) is 0.531. The molecule has 0 spiro atoms. The van der Waals surface area contributed by atoms with Crippen molar-refractivity contribution in [2.24, 2.45) is 17.3 Å². The van der Waals surface area contributed by atoms with Gasteiger partial charge in [0.05, 0.1) is 0 Å². The fraction of sp³-hybridized carbons (Fsp3) is 1.00.